The number of rotatable bonds is 4. The van der Waals surface area contributed by atoms with Gasteiger partial charge in [0.05, 0.1) is 0 Å². The molecule has 2 heterocycles. The molecular weight excluding hydrogens is 300 g/mol. The molecule has 0 aromatic carbocycles. The molecule has 5 heteroatoms. The highest BCUT2D eigenvalue weighted by Gasteiger charge is 2.51. The number of hydrogen-bond donors (Lipinski definition) is 1. The molecule has 1 aliphatic heterocycles. The van der Waals surface area contributed by atoms with E-state index in [1.807, 2.05) is 0 Å². The Hall–Kier alpha value is -1.65. The highest BCUT2D eigenvalue weighted by Crippen LogP contribution is 2.53. The number of aryl methyl sites for hydroxylation is 1. The van der Waals surface area contributed by atoms with E-state index in [0.717, 1.165) is 50.4 Å². The number of nitrogens with zero attached hydrogens (tertiary/aromatic N) is 3. The van der Waals surface area contributed by atoms with E-state index in [1.54, 1.807) is 0 Å². The van der Waals surface area contributed by atoms with Gasteiger partial charge in [-0.25, -0.2) is 4.98 Å². The Balaban J connectivity index is 1.56. The lowest BCUT2D eigenvalue weighted by Gasteiger charge is -2.28. The Kier molecular flexibility index (Phi) is 4.19. The predicted octanol–water partition coefficient (Wildman–Crippen LogP) is 3.21. The van der Waals surface area contributed by atoms with E-state index < -0.39 is 0 Å². The lowest BCUT2D eigenvalue weighted by molar-refractivity contribution is -0.134. The number of aromatic nitrogens is 3. The van der Waals surface area contributed by atoms with E-state index in [2.05, 4.69) is 34.2 Å². The third-order valence-electron chi connectivity index (χ3n) is 6.26. The van der Waals surface area contributed by atoms with Crippen LogP contribution in [0.1, 0.15) is 69.4 Å². The molecule has 1 amide bonds. The third kappa shape index (κ3) is 2.68. The summed E-state index contributed by atoms with van der Waals surface area (Å²) in [4.78, 5) is 19.8. The van der Waals surface area contributed by atoms with Crippen LogP contribution in [-0.4, -0.2) is 39.1 Å². The van der Waals surface area contributed by atoms with Gasteiger partial charge in [0, 0.05) is 31.3 Å². The minimum Gasteiger partial charge on any atom is -0.341 e. The van der Waals surface area contributed by atoms with Gasteiger partial charge in [-0.2, -0.15) is 5.10 Å². The summed E-state index contributed by atoms with van der Waals surface area (Å²) in [6.07, 6.45) is 13.1. The van der Waals surface area contributed by atoms with Crippen molar-refractivity contribution in [1.29, 1.82) is 0 Å². The van der Waals surface area contributed by atoms with Gasteiger partial charge in [0.2, 0.25) is 5.91 Å². The van der Waals surface area contributed by atoms with Gasteiger partial charge in [0.1, 0.15) is 5.82 Å². The molecule has 5 nitrogen and oxygen atoms in total. The van der Waals surface area contributed by atoms with E-state index in [1.165, 1.54) is 25.7 Å². The first-order chi connectivity index (χ1) is 11.7. The van der Waals surface area contributed by atoms with Crippen molar-refractivity contribution in [3.05, 3.63) is 23.8 Å². The van der Waals surface area contributed by atoms with Crippen molar-refractivity contribution in [1.82, 2.24) is 20.1 Å². The van der Waals surface area contributed by atoms with Crippen molar-refractivity contribution < 1.29 is 4.79 Å². The fourth-order valence-electron chi connectivity index (χ4n) is 4.97. The van der Waals surface area contributed by atoms with E-state index >= 15 is 0 Å². The molecule has 2 aliphatic carbocycles. The minimum atomic E-state index is 0.171. The maximum Gasteiger partial charge on any atom is 0.226 e. The van der Waals surface area contributed by atoms with Crippen molar-refractivity contribution in [3.63, 3.8) is 0 Å². The zero-order valence-corrected chi connectivity index (χ0v) is 14.6. The van der Waals surface area contributed by atoms with Crippen molar-refractivity contribution in [3.8, 4) is 0 Å². The first-order valence-electron chi connectivity index (χ1n) is 9.57. The standard InChI is InChI=1S/C19H28N4O/c1-2-7-16-20-17(22-21-16)15-12-23(13-19(15)10-5-6-11-19)18(24)14-8-3-4-9-14/h3-4,14-15H,2,5-13H2,1H3,(H,20,21,22). The average molecular weight is 328 g/mol. The molecule has 130 valence electrons. The Morgan fingerprint density at radius 1 is 1.33 bits per heavy atom. The normalized spacial score (nSPS) is 26.0. The zero-order chi connectivity index (χ0) is 16.6. The average Bonchev–Trinajstić information content (AvgIpc) is 3.36. The number of allylic oxidation sites excluding steroid dienone is 2. The fourth-order valence-corrected chi connectivity index (χ4v) is 4.97. The third-order valence-corrected chi connectivity index (χ3v) is 6.26. The molecule has 1 aromatic heterocycles. The van der Waals surface area contributed by atoms with Crippen LogP contribution in [0.5, 0.6) is 0 Å². The smallest absolute Gasteiger partial charge is 0.226 e. The first-order valence-corrected chi connectivity index (χ1v) is 9.57. The van der Waals surface area contributed by atoms with Gasteiger partial charge < -0.3 is 4.90 Å². The van der Waals surface area contributed by atoms with E-state index in [-0.39, 0.29) is 11.3 Å². The molecule has 2 fully saturated rings. The SMILES string of the molecule is CCCc1nc(C2CN(C(=O)C3CC=CC3)CC23CCCC3)n[nH]1. The summed E-state index contributed by atoms with van der Waals surface area (Å²) >= 11 is 0. The van der Waals surface area contributed by atoms with Gasteiger partial charge >= 0.3 is 0 Å². The van der Waals surface area contributed by atoms with Gasteiger partial charge in [-0.15, -0.1) is 0 Å². The van der Waals surface area contributed by atoms with Crippen LogP contribution in [0.25, 0.3) is 0 Å². The molecule has 0 bridgehead atoms. The summed E-state index contributed by atoms with van der Waals surface area (Å²) in [5.41, 5.74) is 0.216. The molecule has 1 spiro atoms. The van der Waals surface area contributed by atoms with E-state index in [9.17, 15) is 4.79 Å². The summed E-state index contributed by atoms with van der Waals surface area (Å²) in [5.74, 6) is 2.76. The van der Waals surface area contributed by atoms with Crippen LogP contribution in [0.15, 0.2) is 12.2 Å². The maximum absolute atomic E-state index is 12.9. The van der Waals surface area contributed by atoms with Gasteiger partial charge in [-0.1, -0.05) is 31.9 Å². The molecule has 1 N–H and O–H groups in total. The van der Waals surface area contributed by atoms with Gasteiger partial charge in [-0.05, 0) is 37.5 Å². The molecule has 1 atom stereocenters. The number of hydrogen-bond acceptors (Lipinski definition) is 3. The summed E-state index contributed by atoms with van der Waals surface area (Å²) < 4.78 is 0. The van der Waals surface area contributed by atoms with E-state index in [0.29, 0.717) is 11.8 Å². The van der Waals surface area contributed by atoms with Gasteiger partial charge in [0.15, 0.2) is 5.82 Å². The maximum atomic E-state index is 12.9. The molecule has 1 unspecified atom stereocenters. The Morgan fingerprint density at radius 2 is 2.08 bits per heavy atom. The molecular formula is C19H28N4O. The molecule has 1 saturated heterocycles. The lowest BCUT2D eigenvalue weighted by atomic mass is 9.76. The number of likely N-dealkylation sites (tertiary alicyclic amines) is 1. The Bertz CT molecular complexity index is 621. The van der Waals surface area contributed by atoms with Crippen LogP contribution in [0.2, 0.25) is 0 Å². The lowest BCUT2D eigenvalue weighted by Crippen LogP contribution is -2.35. The Labute approximate surface area is 143 Å². The quantitative estimate of drug-likeness (QED) is 0.863. The monoisotopic (exact) mass is 328 g/mol. The summed E-state index contributed by atoms with van der Waals surface area (Å²) in [6.45, 7) is 3.87. The topological polar surface area (TPSA) is 61.9 Å². The number of carbonyl (C=O) groups is 1. The highest BCUT2D eigenvalue weighted by molar-refractivity contribution is 5.80. The van der Waals surface area contributed by atoms with Crippen LogP contribution in [0.3, 0.4) is 0 Å². The van der Waals surface area contributed by atoms with Crippen LogP contribution in [-0.2, 0) is 11.2 Å². The van der Waals surface area contributed by atoms with Crippen LogP contribution >= 0.6 is 0 Å². The predicted molar refractivity (Wildman–Crippen MR) is 92.5 cm³/mol. The fraction of sp³-hybridized carbons (Fsp3) is 0.737. The van der Waals surface area contributed by atoms with E-state index in [4.69, 9.17) is 4.98 Å². The van der Waals surface area contributed by atoms with Crippen molar-refractivity contribution in [2.45, 2.75) is 64.2 Å². The van der Waals surface area contributed by atoms with Crippen molar-refractivity contribution >= 4 is 5.91 Å². The molecule has 24 heavy (non-hydrogen) atoms. The van der Waals surface area contributed by atoms with Crippen molar-refractivity contribution in [2.24, 2.45) is 11.3 Å². The van der Waals surface area contributed by atoms with Crippen LogP contribution in [0, 0.1) is 11.3 Å². The molecule has 0 radical (unpaired) electrons. The second-order valence-electron chi connectivity index (χ2n) is 7.87. The summed E-state index contributed by atoms with van der Waals surface area (Å²) in [5, 5.41) is 7.66. The van der Waals surface area contributed by atoms with Gasteiger partial charge in [0.25, 0.3) is 0 Å². The largest absolute Gasteiger partial charge is 0.341 e. The summed E-state index contributed by atoms with van der Waals surface area (Å²) in [7, 11) is 0. The first kappa shape index (κ1) is 15.9. The van der Waals surface area contributed by atoms with Crippen molar-refractivity contribution in [2.75, 3.05) is 13.1 Å². The molecule has 1 saturated carbocycles. The zero-order valence-electron chi connectivity index (χ0n) is 14.6. The minimum absolute atomic E-state index is 0.171. The molecule has 4 rings (SSSR count). The number of carbonyl (C=O) groups excluding carboxylic acids is 1. The number of aromatic amines is 1. The number of nitrogens with one attached hydrogen (secondary N) is 1. The second kappa shape index (κ2) is 6.34. The number of H-pyrrole nitrogens is 1. The molecule has 1 aromatic rings. The van der Waals surface area contributed by atoms with Crippen LogP contribution in [0.4, 0.5) is 0 Å². The summed E-state index contributed by atoms with van der Waals surface area (Å²) in [6, 6.07) is 0. The van der Waals surface area contributed by atoms with Crippen LogP contribution < -0.4 is 0 Å². The van der Waals surface area contributed by atoms with Gasteiger partial charge in [-0.3, -0.25) is 9.89 Å². The number of amides is 1. The Morgan fingerprint density at radius 3 is 2.79 bits per heavy atom. The second-order valence-corrected chi connectivity index (χ2v) is 7.87. The highest BCUT2D eigenvalue weighted by atomic mass is 16.2. The molecule has 3 aliphatic rings.